The highest BCUT2D eigenvalue weighted by Gasteiger charge is 2.34. The van der Waals surface area contributed by atoms with Crippen LogP contribution in [0.15, 0.2) is 16.0 Å². The zero-order valence-electron chi connectivity index (χ0n) is 14.1. The Bertz CT molecular complexity index is 750. The number of amides is 1. The SMILES string of the molecule is CC(=O)c1cc(CC(=O)N2CCC[C@H]2c2nc(C(C)C)no2)cs1. The van der Waals surface area contributed by atoms with Gasteiger partial charge in [-0.3, -0.25) is 9.59 Å². The third kappa shape index (κ3) is 3.40. The second-order valence-electron chi connectivity index (χ2n) is 6.44. The highest BCUT2D eigenvalue weighted by molar-refractivity contribution is 7.12. The molecule has 1 atom stereocenters. The van der Waals surface area contributed by atoms with Gasteiger partial charge in [-0.05, 0) is 36.8 Å². The van der Waals surface area contributed by atoms with E-state index in [2.05, 4.69) is 10.1 Å². The number of carbonyl (C=O) groups excluding carboxylic acids is 2. The molecule has 3 heterocycles. The Labute approximate surface area is 144 Å². The second kappa shape index (κ2) is 6.84. The third-order valence-corrected chi connectivity index (χ3v) is 5.27. The Balaban J connectivity index is 1.71. The van der Waals surface area contributed by atoms with Crippen LogP contribution in [0.25, 0.3) is 0 Å². The van der Waals surface area contributed by atoms with Crippen LogP contribution >= 0.6 is 11.3 Å². The van der Waals surface area contributed by atoms with Gasteiger partial charge in [-0.15, -0.1) is 11.3 Å². The average Bonchev–Trinajstić information content (AvgIpc) is 3.26. The summed E-state index contributed by atoms with van der Waals surface area (Å²) < 4.78 is 5.38. The van der Waals surface area contributed by atoms with Crippen molar-refractivity contribution < 1.29 is 14.1 Å². The van der Waals surface area contributed by atoms with Gasteiger partial charge in [-0.1, -0.05) is 19.0 Å². The normalized spacial score (nSPS) is 17.7. The standard InChI is InChI=1S/C17H21N3O3S/c1-10(2)16-18-17(23-19-16)13-5-4-6-20(13)15(22)8-12-7-14(11(3)21)24-9-12/h7,9-10,13H,4-6,8H2,1-3H3/t13-/m0/s1. The Kier molecular flexibility index (Phi) is 4.80. The molecule has 0 bridgehead atoms. The molecule has 0 spiro atoms. The molecule has 2 aromatic rings. The quantitative estimate of drug-likeness (QED) is 0.775. The van der Waals surface area contributed by atoms with E-state index < -0.39 is 0 Å². The van der Waals surface area contributed by atoms with Gasteiger partial charge in [0.05, 0.1) is 11.3 Å². The lowest BCUT2D eigenvalue weighted by Crippen LogP contribution is -2.31. The molecule has 24 heavy (non-hydrogen) atoms. The topological polar surface area (TPSA) is 76.3 Å². The minimum absolute atomic E-state index is 0.0322. The molecule has 1 aliphatic rings. The van der Waals surface area contributed by atoms with Gasteiger partial charge in [0, 0.05) is 12.5 Å². The largest absolute Gasteiger partial charge is 0.337 e. The first kappa shape index (κ1) is 16.8. The summed E-state index contributed by atoms with van der Waals surface area (Å²) in [5, 5.41) is 5.88. The van der Waals surface area contributed by atoms with E-state index in [9.17, 15) is 9.59 Å². The predicted molar refractivity (Wildman–Crippen MR) is 90.1 cm³/mol. The molecule has 1 fully saturated rings. The molecule has 0 unspecified atom stereocenters. The molecule has 0 N–H and O–H groups in total. The number of aromatic nitrogens is 2. The molecule has 1 saturated heterocycles. The summed E-state index contributed by atoms with van der Waals surface area (Å²) in [6.07, 6.45) is 2.07. The first-order valence-corrected chi connectivity index (χ1v) is 9.05. The predicted octanol–water partition coefficient (Wildman–Crippen LogP) is 3.36. The second-order valence-corrected chi connectivity index (χ2v) is 7.35. The highest BCUT2D eigenvalue weighted by Crippen LogP contribution is 2.32. The minimum Gasteiger partial charge on any atom is -0.337 e. The molecule has 2 aromatic heterocycles. The maximum atomic E-state index is 12.7. The van der Waals surface area contributed by atoms with E-state index in [1.807, 2.05) is 24.1 Å². The van der Waals surface area contributed by atoms with Gasteiger partial charge in [0.25, 0.3) is 0 Å². The van der Waals surface area contributed by atoms with Gasteiger partial charge in [-0.2, -0.15) is 4.98 Å². The van der Waals surface area contributed by atoms with Crippen LogP contribution in [0.3, 0.4) is 0 Å². The number of Topliss-reactive ketones (excluding diaryl/α,β-unsaturated/α-hetero) is 1. The lowest BCUT2D eigenvalue weighted by atomic mass is 10.1. The van der Waals surface area contributed by atoms with E-state index in [4.69, 9.17) is 4.52 Å². The van der Waals surface area contributed by atoms with Gasteiger partial charge in [0.2, 0.25) is 11.8 Å². The first-order chi connectivity index (χ1) is 11.5. The molecule has 128 valence electrons. The fourth-order valence-corrected chi connectivity index (χ4v) is 3.68. The number of carbonyl (C=O) groups is 2. The van der Waals surface area contributed by atoms with E-state index in [0.29, 0.717) is 29.6 Å². The van der Waals surface area contributed by atoms with Crippen molar-refractivity contribution in [2.75, 3.05) is 6.54 Å². The van der Waals surface area contributed by atoms with Crippen LogP contribution in [0.5, 0.6) is 0 Å². The average molecular weight is 347 g/mol. The van der Waals surface area contributed by atoms with E-state index in [0.717, 1.165) is 18.4 Å². The van der Waals surface area contributed by atoms with Crippen molar-refractivity contribution in [1.82, 2.24) is 15.0 Å². The number of nitrogens with zero attached hydrogens (tertiary/aromatic N) is 3. The summed E-state index contributed by atoms with van der Waals surface area (Å²) in [6, 6.07) is 1.67. The summed E-state index contributed by atoms with van der Waals surface area (Å²) in [5.41, 5.74) is 0.884. The maximum absolute atomic E-state index is 12.7. The van der Waals surface area contributed by atoms with Crippen molar-refractivity contribution in [2.45, 2.75) is 52.0 Å². The van der Waals surface area contributed by atoms with Crippen molar-refractivity contribution in [2.24, 2.45) is 0 Å². The minimum atomic E-state index is -0.136. The summed E-state index contributed by atoms with van der Waals surface area (Å²) in [7, 11) is 0. The van der Waals surface area contributed by atoms with Crippen molar-refractivity contribution in [3.05, 3.63) is 33.6 Å². The Hall–Kier alpha value is -2.02. The fraction of sp³-hybridized carbons (Fsp3) is 0.529. The molecule has 1 amide bonds. The lowest BCUT2D eigenvalue weighted by molar-refractivity contribution is -0.131. The molecule has 6 nitrogen and oxygen atoms in total. The number of ketones is 1. The molecule has 0 aromatic carbocycles. The molecular weight excluding hydrogens is 326 g/mol. The molecular formula is C17H21N3O3S. The van der Waals surface area contributed by atoms with Gasteiger partial charge < -0.3 is 9.42 Å². The highest BCUT2D eigenvalue weighted by atomic mass is 32.1. The first-order valence-electron chi connectivity index (χ1n) is 8.17. The number of hydrogen-bond donors (Lipinski definition) is 0. The van der Waals surface area contributed by atoms with E-state index in [1.54, 1.807) is 6.07 Å². The zero-order valence-corrected chi connectivity index (χ0v) is 14.9. The Morgan fingerprint density at radius 3 is 2.88 bits per heavy atom. The summed E-state index contributed by atoms with van der Waals surface area (Å²) >= 11 is 1.38. The number of rotatable bonds is 5. The number of hydrogen-bond acceptors (Lipinski definition) is 6. The molecule has 3 rings (SSSR count). The van der Waals surface area contributed by atoms with Gasteiger partial charge in [0.1, 0.15) is 6.04 Å². The van der Waals surface area contributed by atoms with Gasteiger partial charge in [0.15, 0.2) is 11.6 Å². The monoisotopic (exact) mass is 347 g/mol. The number of likely N-dealkylation sites (tertiary alicyclic amines) is 1. The van der Waals surface area contributed by atoms with Gasteiger partial charge in [-0.25, -0.2) is 0 Å². The molecule has 0 saturated carbocycles. The Morgan fingerprint density at radius 2 is 2.25 bits per heavy atom. The van der Waals surface area contributed by atoms with Crippen LogP contribution < -0.4 is 0 Å². The smallest absolute Gasteiger partial charge is 0.249 e. The maximum Gasteiger partial charge on any atom is 0.249 e. The van der Waals surface area contributed by atoms with Crippen molar-refractivity contribution in [3.63, 3.8) is 0 Å². The summed E-state index contributed by atoms with van der Waals surface area (Å²) in [4.78, 5) is 31.0. The molecule has 0 radical (unpaired) electrons. The van der Waals surface area contributed by atoms with Crippen molar-refractivity contribution >= 4 is 23.0 Å². The lowest BCUT2D eigenvalue weighted by Gasteiger charge is -2.21. The number of thiophene rings is 1. The molecule has 7 heteroatoms. The zero-order chi connectivity index (χ0) is 17.3. The molecule has 1 aliphatic heterocycles. The molecule has 0 aliphatic carbocycles. The van der Waals surface area contributed by atoms with Crippen molar-refractivity contribution in [3.8, 4) is 0 Å². The van der Waals surface area contributed by atoms with Crippen LogP contribution in [-0.2, 0) is 11.2 Å². The van der Waals surface area contributed by atoms with Gasteiger partial charge >= 0.3 is 0 Å². The van der Waals surface area contributed by atoms with Crippen LogP contribution in [0.2, 0.25) is 0 Å². The van der Waals surface area contributed by atoms with Crippen LogP contribution in [0, 0.1) is 0 Å². The third-order valence-electron chi connectivity index (χ3n) is 4.19. The summed E-state index contributed by atoms with van der Waals surface area (Å²) in [5.74, 6) is 1.47. The summed E-state index contributed by atoms with van der Waals surface area (Å²) in [6.45, 7) is 6.26. The Morgan fingerprint density at radius 1 is 1.46 bits per heavy atom. The van der Waals surface area contributed by atoms with Crippen LogP contribution in [0.1, 0.15) is 72.5 Å². The van der Waals surface area contributed by atoms with E-state index in [1.165, 1.54) is 18.3 Å². The van der Waals surface area contributed by atoms with Crippen LogP contribution in [0.4, 0.5) is 0 Å². The van der Waals surface area contributed by atoms with E-state index >= 15 is 0 Å². The van der Waals surface area contributed by atoms with Crippen LogP contribution in [-0.4, -0.2) is 33.3 Å². The van der Waals surface area contributed by atoms with E-state index in [-0.39, 0.29) is 23.7 Å². The van der Waals surface area contributed by atoms with Crippen molar-refractivity contribution in [1.29, 1.82) is 0 Å². The fourth-order valence-electron chi connectivity index (χ4n) is 2.87.